The summed E-state index contributed by atoms with van der Waals surface area (Å²) in [7, 11) is 1.86. The largest absolute Gasteiger partial charge is 0.480 e. The molecule has 32 heavy (non-hydrogen) atoms. The van der Waals surface area contributed by atoms with Crippen molar-refractivity contribution in [1.82, 2.24) is 25.1 Å². The number of carboxylic acids is 1. The fourth-order valence-corrected chi connectivity index (χ4v) is 4.23. The second-order valence-electron chi connectivity index (χ2n) is 7.43. The molecule has 2 aromatic heterocycles. The van der Waals surface area contributed by atoms with E-state index in [9.17, 15) is 14.7 Å². The molecule has 3 N–H and O–H groups in total. The Bertz CT molecular complexity index is 1230. The van der Waals surface area contributed by atoms with Crippen LogP contribution in [0.3, 0.4) is 0 Å². The Morgan fingerprint density at radius 1 is 1.12 bits per heavy atom. The zero-order valence-electron chi connectivity index (χ0n) is 17.5. The Balaban J connectivity index is 1.35. The summed E-state index contributed by atoms with van der Waals surface area (Å²) in [5.74, 6) is -0.594. The Kier molecular flexibility index (Phi) is 6.55. The van der Waals surface area contributed by atoms with E-state index >= 15 is 0 Å². The van der Waals surface area contributed by atoms with Crippen LogP contribution in [0.2, 0.25) is 0 Å². The van der Waals surface area contributed by atoms with Crippen molar-refractivity contribution in [2.45, 2.75) is 24.0 Å². The second-order valence-corrected chi connectivity index (χ2v) is 8.37. The van der Waals surface area contributed by atoms with Gasteiger partial charge in [0.1, 0.15) is 11.9 Å². The monoisotopic (exact) mass is 449 g/mol. The number of nitrogens with zero attached hydrogens (tertiary/aromatic N) is 3. The fraction of sp³-hybridized carbons (Fsp3) is 0.217. The number of carbonyl (C=O) groups is 2. The first-order valence-electron chi connectivity index (χ1n) is 10.1. The number of aliphatic carboxylic acids is 1. The van der Waals surface area contributed by atoms with Crippen LogP contribution in [0.5, 0.6) is 0 Å². The number of nitrogens with one attached hydrogen (secondary N) is 2. The first kappa shape index (κ1) is 21.6. The maximum absolute atomic E-state index is 12.5. The minimum absolute atomic E-state index is 0.0506. The third-order valence-electron chi connectivity index (χ3n) is 5.19. The number of amides is 1. The SMILES string of the molecule is Cn1c(Cc2ccccc2)nnc1SCC(=O)N[C@H](Cc1c[nH]c2ccccc12)C(=O)O. The number of hydrogen-bond acceptors (Lipinski definition) is 5. The molecule has 2 heterocycles. The predicted octanol–water partition coefficient (Wildman–Crippen LogP) is 2.79. The first-order valence-corrected chi connectivity index (χ1v) is 11.1. The molecule has 164 valence electrons. The molecule has 0 unspecified atom stereocenters. The molecule has 0 bridgehead atoms. The lowest BCUT2D eigenvalue weighted by atomic mass is 10.1. The molecule has 4 rings (SSSR count). The molecule has 2 aromatic carbocycles. The van der Waals surface area contributed by atoms with E-state index < -0.39 is 12.0 Å². The minimum Gasteiger partial charge on any atom is -0.480 e. The smallest absolute Gasteiger partial charge is 0.326 e. The normalized spacial score (nSPS) is 12.0. The van der Waals surface area contributed by atoms with Gasteiger partial charge in [0, 0.05) is 37.0 Å². The summed E-state index contributed by atoms with van der Waals surface area (Å²) >= 11 is 1.23. The van der Waals surface area contributed by atoms with Crippen molar-refractivity contribution in [1.29, 1.82) is 0 Å². The Hall–Kier alpha value is -3.59. The van der Waals surface area contributed by atoms with Crippen LogP contribution in [0.25, 0.3) is 10.9 Å². The van der Waals surface area contributed by atoms with Crippen LogP contribution in [0, 0.1) is 0 Å². The lowest BCUT2D eigenvalue weighted by molar-refractivity contribution is -0.141. The molecule has 0 fully saturated rings. The third-order valence-corrected chi connectivity index (χ3v) is 6.22. The van der Waals surface area contributed by atoms with Crippen LogP contribution in [-0.4, -0.2) is 48.5 Å². The van der Waals surface area contributed by atoms with Crippen molar-refractivity contribution < 1.29 is 14.7 Å². The molecular weight excluding hydrogens is 426 g/mol. The molecule has 0 aliphatic carbocycles. The number of benzene rings is 2. The van der Waals surface area contributed by atoms with Crippen molar-refractivity contribution in [2.75, 3.05) is 5.75 Å². The van der Waals surface area contributed by atoms with Gasteiger partial charge in [-0.15, -0.1) is 10.2 Å². The molecule has 0 aliphatic heterocycles. The minimum atomic E-state index is -1.07. The van der Waals surface area contributed by atoms with Gasteiger partial charge in [0.15, 0.2) is 5.16 Å². The van der Waals surface area contributed by atoms with E-state index in [1.807, 2.05) is 66.2 Å². The standard InChI is InChI=1S/C23H23N5O3S/c1-28-20(11-15-7-3-2-4-8-15)26-27-23(28)32-14-21(29)25-19(22(30)31)12-16-13-24-18-10-6-5-9-17(16)18/h2-10,13,19,24H,11-12,14H2,1H3,(H,25,29)(H,30,31)/t19-/m1/s1. The summed E-state index contributed by atoms with van der Waals surface area (Å²) in [6.45, 7) is 0. The van der Waals surface area contributed by atoms with Gasteiger partial charge in [-0.2, -0.15) is 0 Å². The average molecular weight is 450 g/mol. The molecule has 0 saturated heterocycles. The number of rotatable bonds is 9. The summed E-state index contributed by atoms with van der Waals surface area (Å²) in [6, 6.07) is 16.6. The van der Waals surface area contributed by atoms with Crippen LogP contribution in [0.1, 0.15) is 17.0 Å². The summed E-state index contributed by atoms with van der Waals surface area (Å²) < 4.78 is 1.85. The number of H-pyrrole nitrogens is 1. The maximum atomic E-state index is 12.5. The first-order chi connectivity index (χ1) is 15.5. The number of aromatic nitrogens is 4. The second kappa shape index (κ2) is 9.69. The number of para-hydroxylation sites is 1. The van der Waals surface area contributed by atoms with E-state index in [2.05, 4.69) is 20.5 Å². The summed E-state index contributed by atoms with van der Waals surface area (Å²) in [4.78, 5) is 27.3. The Morgan fingerprint density at radius 2 is 1.88 bits per heavy atom. The molecule has 1 atom stereocenters. The van der Waals surface area contributed by atoms with E-state index in [-0.39, 0.29) is 18.1 Å². The summed E-state index contributed by atoms with van der Waals surface area (Å²) in [6.07, 6.45) is 2.62. The summed E-state index contributed by atoms with van der Waals surface area (Å²) in [5, 5.41) is 22.2. The quantitative estimate of drug-likeness (QED) is 0.339. The van der Waals surface area contributed by atoms with Gasteiger partial charge < -0.3 is 20.0 Å². The van der Waals surface area contributed by atoms with E-state index in [1.54, 1.807) is 6.20 Å². The van der Waals surface area contributed by atoms with Gasteiger partial charge in [-0.25, -0.2) is 4.79 Å². The number of fused-ring (bicyclic) bond motifs is 1. The van der Waals surface area contributed by atoms with E-state index in [0.717, 1.165) is 27.9 Å². The molecule has 0 spiro atoms. The Morgan fingerprint density at radius 3 is 2.66 bits per heavy atom. The zero-order chi connectivity index (χ0) is 22.5. The molecular formula is C23H23N5O3S. The third kappa shape index (κ3) is 5.00. The highest BCUT2D eigenvalue weighted by molar-refractivity contribution is 7.99. The highest BCUT2D eigenvalue weighted by atomic mass is 32.2. The van der Waals surface area contributed by atoms with E-state index in [1.165, 1.54) is 11.8 Å². The number of thioether (sulfide) groups is 1. The van der Waals surface area contributed by atoms with E-state index in [4.69, 9.17) is 0 Å². The van der Waals surface area contributed by atoms with Crippen LogP contribution in [0.15, 0.2) is 66.0 Å². The lowest BCUT2D eigenvalue weighted by Crippen LogP contribution is -2.43. The van der Waals surface area contributed by atoms with Crippen molar-refractivity contribution in [3.63, 3.8) is 0 Å². The van der Waals surface area contributed by atoms with Gasteiger partial charge in [0.25, 0.3) is 0 Å². The van der Waals surface area contributed by atoms with E-state index in [0.29, 0.717) is 11.6 Å². The highest BCUT2D eigenvalue weighted by Gasteiger charge is 2.22. The highest BCUT2D eigenvalue weighted by Crippen LogP contribution is 2.20. The zero-order valence-corrected chi connectivity index (χ0v) is 18.3. The van der Waals surface area contributed by atoms with Crippen molar-refractivity contribution in [3.8, 4) is 0 Å². The topological polar surface area (TPSA) is 113 Å². The van der Waals surface area contributed by atoms with Gasteiger partial charge in [0.05, 0.1) is 5.75 Å². The predicted molar refractivity (Wildman–Crippen MR) is 123 cm³/mol. The molecule has 0 aliphatic rings. The van der Waals surface area contributed by atoms with Crippen molar-refractivity contribution >= 4 is 34.5 Å². The number of aromatic amines is 1. The number of carboxylic acid groups (broad SMARTS) is 1. The van der Waals surface area contributed by atoms with Crippen LogP contribution in [-0.2, 0) is 29.5 Å². The van der Waals surface area contributed by atoms with Crippen molar-refractivity contribution in [2.24, 2.45) is 7.05 Å². The van der Waals surface area contributed by atoms with Gasteiger partial charge in [0.2, 0.25) is 5.91 Å². The van der Waals surface area contributed by atoms with Gasteiger partial charge in [-0.1, -0.05) is 60.3 Å². The molecule has 0 radical (unpaired) electrons. The average Bonchev–Trinajstić information content (AvgIpc) is 3.36. The molecule has 8 nitrogen and oxygen atoms in total. The molecule has 1 amide bonds. The molecule has 9 heteroatoms. The van der Waals surface area contributed by atoms with Crippen LogP contribution in [0.4, 0.5) is 0 Å². The maximum Gasteiger partial charge on any atom is 0.326 e. The molecule has 4 aromatic rings. The van der Waals surface area contributed by atoms with Gasteiger partial charge in [-0.3, -0.25) is 4.79 Å². The summed E-state index contributed by atoms with van der Waals surface area (Å²) in [5.41, 5.74) is 2.90. The molecule has 0 saturated carbocycles. The lowest BCUT2D eigenvalue weighted by Gasteiger charge is -2.14. The van der Waals surface area contributed by atoms with Gasteiger partial charge >= 0.3 is 5.97 Å². The van der Waals surface area contributed by atoms with Crippen LogP contribution >= 0.6 is 11.8 Å². The van der Waals surface area contributed by atoms with Gasteiger partial charge in [-0.05, 0) is 17.2 Å². The number of hydrogen-bond donors (Lipinski definition) is 3. The van der Waals surface area contributed by atoms with Crippen LogP contribution < -0.4 is 5.32 Å². The fourth-order valence-electron chi connectivity index (χ4n) is 3.49. The number of carbonyl (C=O) groups excluding carboxylic acids is 1. The van der Waals surface area contributed by atoms with Crippen molar-refractivity contribution in [3.05, 3.63) is 77.7 Å². The Labute approximate surface area is 189 Å².